The van der Waals surface area contributed by atoms with Gasteiger partial charge in [-0.2, -0.15) is 0 Å². The number of nitrogens with one attached hydrogen (secondary N) is 1. The highest BCUT2D eigenvalue weighted by Crippen LogP contribution is 2.56. The van der Waals surface area contributed by atoms with Crippen LogP contribution in [-0.2, 0) is 23.9 Å². The van der Waals surface area contributed by atoms with E-state index in [2.05, 4.69) is 5.32 Å². The first-order valence-electron chi connectivity index (χ1n) is 9.50. The molecule has 8 heteroatoms. The molecule has 28 heavy (non-hydrogen) atoms. The molecule has 3 aliphatic rings. The highest BCUT2D eigenvalue weighted by Gasteiger charge is 2.60. The smallest absolute Gasteiger partial charge is 0.308 e. The molecule has 0 radical (unpaired) electrons. The van der Waals surface area contributed by atoms with Crippen LogP contribution >= 0.6 is 11.6 Å². The highest BCUT2D eigenvalue weighted by atomic mass is 35.5. The number of benzene rings is 1. The molecule has 2 saturated carbocycles. The van der Waals surface area contributed by atoms with Crippen molar-refractivity contribution in [2.24, 2.45) is 23.7 Å². The Morgan fingerprint density at radius 2 is 1.68 bits per heavy atom. The van der Waals surface area contributed by atoms with Gasteiger partial charge in [-0.1, -0.05) is 11.6 Å². The number of likely N-dealkylation sites (tertiary alicyclic amines) is 1. The molecule has 1 N–H and O–H groups in total. The third-order valence-electron chi connectivity index (χ3n) is 6.05. The molecule has 4 rings (SSSR count). The summed E-state index contributed by atoms with van der Waals surface area (Å²) in [5, 5.41) is 3.13. The molecule has 0 unspecified atom stereocenters. The van der Waals surface area contributed by atoms with Crippen molar-refractivity contribution in [2.45, 2.75) is 25.7 Å². The maximum atomic E-state index is 12.6. The standard InChI is InChI=1S/C20H21ClN2O5/c21-13-3-5-14(6-4-13)22-15(24)10-28-16(25)7-8-23-19(26)17-11-1-2-12(9-11)18(17)20(23)27/h3-6,11-12,17-18H,1-2,7-10H2,(H,22,24)/t11-,12-,17-,18-/m0/s1. The Balaban J connectivity index is 1.22. The second-order valence-corrected chi connectivity index (χ2v) is 8.12. The zero-order chi connectivity index (χ0) is 19.8. The molecule has 3 fully saturated rings. The summed E-state index contributed by atoms with van der Waals surface area (Å²) in [5.74, 6) is -1.12. The molecular formula is C20H21ClN2O5. The van der Waals surface area contributed by atoms with Gasteiger partial charge >= 0.3 is 5.97 Å². The third kappa shape index (κ3) is 3.51. The zero-order valence-corrected chi connectivity index (χ0v) is 16.0. The molecule has 0 aromatic heterocycles. The van der Waals surface area contributed by atoms with E-state index in [1.165, 1.54) is 4.90 Å². The summed E-state index contributed by atoms with van der Waals surface area (Å²) in [4.78, 5) is 50.1. The van der Waals surface area contributed by atoms with Crippen molar-refractivity contribution < 1.29 is 23.9 Å². The number of amides is 3. The van der Waals surface area contributed by atoms with Crippen molar-refractivity contribution in [3.63, 3.8) is 0 Å². The van der Waals surface area contributed by atoms with Gasteiger partial charge in [0, 0.05) is 17.3 Å². The van der Waals surface area contributed by atoms with Gasteiger partial charge in [-0.15, -0.1) is 0 Å². The lowest BCUT2D eigenvalue weighted by atomic mass is 9.81. The summed E-state index contributed by atoms with van der Waals surface area (Å²) in [6, 6.07) is 6.54. The average molecular weight is 405 g/mol. The van der Waals surface area contributed by atoms with Crippen molar-refractivity contribution in [1.29, 1.82) is 0 Å². The number of esters is 1. The number of hydrogen-bond acceptors (Lipinski definition) is 5. The molecule has 1 aromatic rings. The quantitative estimate of drug-likeness (QED) is 0.579. The number of ether oxygens (including phenoxy) is 1. The van der Waals surface area contributed by atoms with Crippen molar-refractivity contribution in [3.05, 3.63) is 29.3 Å². The van der Waals surface area contributed by atoms with Gasteiger partial charge in [-0.3, -0.25) is 24.1 Å². The fraction of sp³-hybridized carbons (Fsp3) is 0.500. The molecule has 3 amide bonds. The van der Waals surface area contributed by atoms with Crippen molar-refractivity contribution >= 4 is 41.0 Å². The molecule has 1 aromatic carbocycles. The van der Waals surface area contributed by atoms with Gasteiger partial charge in [0.15, 0.2) is 6.61 Å². The van der Waals surface area contributed by atoms with Crippen LogP contribution in [-0.4, -0.2) is 41.7 Å². The molecule has 0 spiro atoms. The average Bonchev–Trinajstić information content (AvgIpc) is 3.35. The van der Waals surface area contributed by atoms with E-state index in [4.69, 9.17) is 16.3 Å². The number of carbonyl (C=O) groups excluding carboxylic acids is 4. The Morgan fingerprint density at radius 1 is 1.07 bits per heavy atom. The fourth-order valence-electron chi connectivity index (χ4n) is 4.84. The topological polar surface area (TPSA) is 92.8 Å². The van der Waals surface area contributed by atoms with Crippen molar-refractivity contribution in [1.82, 2.24) is 4.90 Å². The largest absolute Gasteiger partial charge is 0.456 e. The molecule has 2 bridgehead atoms. The fourth-order valence-corrected chi connectivity index (χ4v) is 4.97. The van der Waals surface area contributed by atoms with Crippen LogP contribution in [0.25, 0.3) is 0 Å². The SMILES string of the molecule is O=C(COC(=O)CCN1C(=O)[C@H]2[C@H]3CC[C@@H](C3)[C@@H]2C1=O)Nc1ccc(Cl)cc1. The van der Waals surface area contributed by atoms with Crippen LogP contribution in [0, 0.1) is 23.7 Å². The summed E-state index contributed by atoms with van der Waals surface area (Å²) in [7, 11) is 0. The maximum absolute atomic E-state index is 12.6. The van der Waals surface area contributed by atoms with Crippen LogP contribution < -0.4 is 5.32 Å². The first kappa shape index (κ1) is 18.9. The highest BCUT2D eigenvalue weighted by molar-refractivity contribution is 6.30. The number of carbonyl (C=O) groups is 4. The number of imide groups is 1. The van der Waals surface area contributed by atoms with E-state index in [0.29, 0.717) is 22.5 Å². The summed E-state index contributed by atoms with van der Waals surface area (Å²) < 4.78 is 4.95. The second-order valence-electron chi connectivity index (χ2n) is 7.68. The van der Waals surface area contributed by atoms with Gasteiger partial charge in [-0.05, 0) is 55.4 Å². The van der Waals surface area contributed by atoms with Crippen LogP contribution in [0.15, 0.2) is 24.3 Å². The van der Waals surface area contributed by atoms with E-state index in [-0.39, 0.29) is 36.6 Å². The van der Waals surface area contributed by atoms with Crippen molar-refractivity contribution in [3.8, 4) is 0 Å². The molecule has 7 nitrogen and oxygen atoms in total. The van der Waals surface area contributed by atoms with E-state index in [1.54, 1.807) is 24.3 Å². The Bertz CT molecular complexity index is 796. The van der Waals surface area contributed by atoms with E-state index in [1.807, 2.05) is 0 Å². The summed E-state index contributed by atoms with van der Waals surface area (Å²) in [6.45, 7) is -0.416. The predicted molar refractivity (Wildman–Crippen MR) is 100 cm³/mol. The number of halogens is 1. The minimum atomic E-state index is -0.619. The molecule has 1 saturated heterocycles. The van der Waals surface area contributed by atoms with E-state index in [0.717, 1.165) is 19.3 Å². The third-order valence-corrected chi connectivity index (χ3v) is 6.30. The lowest BCUT2D eigenvalue weighted by molar-refractivity contribution is -0.149. The first-order chi connectivity index (χ1) is 13.4. The van der Waals surface area contributed by atoms with Crippen LogP contribution in [0.5, 0.6) is 0 Å². The van der Waals surface area contributed by atoms with Gasteiger partial charge < -0.3 is 10.1 Å². The Morgan fingerprint density at radius 3 is 2.29 bits per heavy atom. The molecule has 4 atom stereocenters. The molecule has 1 aliphatic heterocycles. The number of anilines is 1. The van der Waals surface area contributed by atoms with E-state index < -0.39 is 18.5 Å². The van der Waals surface area contributed by atoms with Crippen LogP contribution in [0.1, 0.15) is 25.7 Å². The monoisotopic (exact) mass is 404 g/mol. The first-order valence-corrected chi connectivity index (χ1v) is 9.88. The number of hydrogen-bond donors (Lipinski definition) is 1. The van der Waals surface area contributed by atoms with Gasteiger partial charge in [-0.25, -0.2) is 0 Å². The van der Waals surface area contributed by atoms with Gasteiger partial charge in [0.2, 0.25) is 11.8 Å². The molecule has 148 valence electrons. The van der Waals surface area contributed by atoms with Crippen LogP contribution in [0.2, 0.25) is 5.02 Å². The zero-order valence-electron chi connectivity index (χ0n) is 15.2. The summed E-state index contributed by atoms with van der Waals surface area (Å²) in [5.41, 5.74) is 0.542. The van der Waals surface area contributed by atoms with E-state index in [9.17, 15) is 19.2 Å². The molecule has 1 heterocycles. The lowest BCUT2D eigenvalue weighted by Gasteiger charge is -2.19. The number of fused-ring (bicyclic) bond motifs is 5. The minimum absolute atomic E-state index is 0.0156. The normalized spacial score (nSPS) is 27.8. The number of nitrogens with zero attached hydrogens (tertiary/aromatic N) is 1. The van der Waals surface area contributed by atoms with Crippen molar-refractivity contribution in [2.75, 3.05) is 18.5 Å². The van der Waals surface area contributed by atoms with Crippen LogP contribution in [0.3, 0.4) is 0 Å². The van der Waals surface area contributed by atoms with Crippen LogP contribution in [0.4, 0.5) is 5.69 Å². The Kier molecular flexibility index (Phi) is 5.10. The number of rotatable bonds is 6. The summed E-state index contributed by atoms with van der Waals surface area (Å²) >= 11 is 5.78. The predicted octanol–water partition coefficient (Wildman–Crippen LogP) is 2.24. The molecule has 2 aliphatic carbocycles. The van der Waals surface area contributed by atoms with Gasteiger partial charge in [0.25, 0.3) is 5.91 Å². The Labute approximate surface area is 167 Å². The Hall–Kier alpha value is -2.41. The maximum Gasteiger partial charge on any atom is 0.308 e. The summed E-state index contributed by atoms with van der Waals surface area (Å²) in [6.07, 6.45) is 2.90. The minimum Gasteiger partial charge on any atom is -0.456 e. The molecular weight excluding hydrogens is 384 g/mol. The second kappa shape index (κ2) is 7.54. The van der Waals surface area contributed by atoms with E-state index >= 15 is 0 Å². The van der Waals surface area contributed by atoms with Gasteiger partial charge in [0.1, 0.15) is 0 Å². The van der Waals surface area contributed by atoms with Gasteiger partial charge in [0.05, 0.1) is 18.3 Å². The lowest BCUT2D eigenvalue weighted by Crippen LogP contribution is -2.35.